The molecule has 0 radical (unpaired) electrons. The Balaban J connectivity index is 1.63. The second kappa shape index (κ2) is 5.61. The van der Waals surface area contributed by atoms with Crippen molar-refractivity contribution >= 4 is 27.9 Å². The maximum atomic E-state index is 12.1. The molecule has 0 fully saturated rings. The van der Waals surface area contributed by atoms with Crippen molar-refractivity contribution in [3.63, 3.8) is 0 Å². The third-order valence-electron chi connectivity index (χ3n) is 3.24. The van der Waals surface area contributed by atoms with Crippen LogP contribution in [0.1, 0.15) is 22.6 Å². The Morgan fingerprint density at radius 1 is 1.33 bits per heavy atom. The minimum absolute atomic E-state index is 0.00151. The van der Waals surface area contributed by atoms with E-state index in [1.54, 1.807) is 10.8 Å². The van der Waals surface area contributed by atoms with E-state index in [0.29, 0.717) is 12.8 Å². The van der Waals surface area contributed by atoms with Crippen molar-refractivity contribution in [1.29, 1.82) is 0 Å². The van der Waals surface area contributed by atoms with Gasteiger partial charge in [-0.25, -0.2) is 0 Å². The Bertz CT molecular complexity index is 743. The van der Waals surface area contributed by atoms with E-state index in [9.17, 15) is 4.79 Å². The van der Waals surface area contributed by atoms with Crippen LogP contribution in [0.25, 0.3) is 4.96 Å². The number of aromatic nitrogens is 4. The zero-order valence-corrected chi connectivity index (χ0v) is 12.6. The molecular formula is C14H15N5OS. The molecule has 3 aromatic rings. The number of para-hydroxylation sites is 1. The molecule has 0 aliphatic carbocycles. The summed E-state index contributed by atoms with van der Waals surface area (Å²) in [5.74, 6) is -0.00151. The van der Waals surface area contributed by atoms with Gasteiger partial charge in [0.2, 0.25) is 10.9 Å². The first-order chi connectivity index (χ1) is 10.1. The van der Waals surface area contributed by atoms with Crippen molar-refractivity contribution < 1.29 is 4.79 Å². The van der Waals surface area contributed by atoms with E-state index in [0.717, 1.165) is 26.8 Å². The molecule has 1 amide bonds. The largest absolute Gasteiger partial charge is 0.326 e. The van der Waals surface area contributed by atoms with Crippen molar-refractivity contribution in [3.05, 3.63) is 40.7 Å². The topological polar surface area (TPSA) is 72.2 Å². The fraction of sp³-hybridized carbons (Fsp3) is 0.286. The van der Waals surface area contributed by atoms with Crippen molar-refractivity contribution in [2.24, 2.45) is 0 Å². The molecule has 1 aromatic carbocycles. The SMILES string of the molecule is Cc1cccc(C)c1NC(=O)CCc1nn2cnnc2s1. The van der Waals surface area contributed by atoms with Gasteiger partial charge in [-0.1, -0.05) is 29.5 Å². The number of benzene rings is 1. The second-order valence-electron chi connectivity index (χ2n) is 4.87. The summed E-state index contributed by atoms with van der Waals surface area (Å²) in [5, 5.41) is 15.9. The van der Waals surface area contributed by atoms with E-state index < -0.39 is 0 Å². The number of carbonyl (C=O) groups excluding carboxylic acids is 1. The van der Waals surface area contributed by atoms with E-state index in [2.05, 4.69) is 20.6 Å². The van der Waals surface area contributed by atoms with Gasteiger partial charge in [0.15, 0.2) is 0 Å². The molecule has 0 saturated carbocycles. The Morgan fingerprint density at radius 2 is 2.10 bits per heavy atom. The number of amides is 1. The number of carbonyl (C=O) groups is 1. The monoisotopic (exact) mass is 301 g/mol. The summed E-state index contributed by atoms with van der Waals surface area (Å²) in [6, 6.07) is 5.97. The van der Waals surface area contributed by atoms with Crippen LogP contribution in [-0.2, 0) is 11.2 Å². The van der Waals surface area contributed by atoms with Crippen LogP contribution >= 0.6 is 11.3 Å². The summed E-state index contributed by atoms with van der Waals surface area (Å²) >= 11 is 1.46. The molecule has 0 aliphatic heterocycles. The van der Waals surface area contributed by atoms with Gasteiger partial charge >= 0.3 is 0 Å². The molecule has 108 valence electrons. The van der Waals surface area contributed by atoms with Crippen LogP contribution in [-0.4, -0.2) is 25.7 Å². The molecule has 21 heavy (non-hydrogen) atoms. The first-order valence-electron chi connectivity index (χ1n) is 6.65. The lowest BCUT2D eigenvalue weighted by molar-refractivity contribution is -0.116. The first kappa shape index (κ1) is 13.7. The average Bonchev–Trinajstić information content (AvgIpc) is 3.01. The normalized spacial score (nSPS) is 11.0. The Labute approximate surface area is 125 Å². The minimum atomic E-state index is -0.00151. The highest BCUT2D eigenvalue weighted by Gasteiger charge is 2.10. The maximum Gasteiger partial charge on any atom is 0.234 e. The summed E-state index contributed by atoms with van der Waals surface area (Å²) in [6.07, 6.45) is 2.56. The zero-order chi connectivity index (χ0) is 14.8. The summed E-state index contributed by atoms with van der Waals surface area (Å²) in [7, 11) is 0. The predicted octanol–water partition coefficient (Wildman–Crippen LogP) is 2.37. The number of hydrogen-bond acceptors (Lipinski definition) is 5. The smallest absolute Gasteiger partial charge is 0.234 e. The van der Waals surface area contributed by atoms with Gasteiger partial charge in [0.25, 0.3) is 0 Å². The molecule has 0 spiro atoms. The van der Waals surface area contributed by atoms with Gasteiger partial charge < -0.3 is 5.32 Å². The molecule has 3 rings (SSSR count). The van der Waals surface area contributed by atoms with Crippen LogP contribution in [0, 0.1) is 13.8 Å². The van der Waals surface area contributed by atoms with Gasteiger partial charge in [0.05, 0.1) is 0 Å². The molecule has 0 bridgehead atoms. The van der Waals surface area contributed by atoms with Crippen LogP contribution in [0.15, 0.2) is 24.5 Å². The highest BCUT2D eigenvalue weighted by Crippen LogP contribution is 2.20. The summed E-state index contributed by atoms with van der Waals surface area (Å²) in [6.45, 7) is 3.98. The number of rotatable bonds is 4. The van der Waals surface area contributed by atoms with Crippen LogP contribution in [0.3, 0.4) is 0 Å². The molecule has 2 heterocycles. The number of hydrogen-bond donors (Lipinski definition) is 1. The number of anilines is 1. The van der Waals surface area contributed by atoms with Crippen LogP contribution in [0.2, 0.25) is 0 Å². The van der Waals surface area contributed by atoms with Gasteiger partial charge in [0.1, 0.15) is 11.3 Å². The summed E-state index contributed by atoms with van der Waals surface area (Å²) in [4.78, 5) is 12.8. The Kier molecular flexibility index (Phi) is 3.66. The van der Waals surface area contributed by atoms with E-state index in [1.165, 1.54) is 11.3 Å². The van der Waals surface area contributed by atoms with E-state index in [1.807, 2.05) is 32.0 Å². The molecular weight excluding hydrogens is 286 g/mol. The van der Waals surface area contributed by atoms with Crippen LogP contribution in [0.5, 0.6) is 0 Å². The van der Waals surface area contributed by atoms with Crippen LogP contribution in [0.4, 0.5) is 5.69 Å². The van der Waals surface area contributed by atoms with Crippen molar-refractivity contribution in [2.45, 2.75) is 26.7 Å². The summed E-state index contributed by atoms with van der Waals surface area (Å²) in [5.41, 5.74) is 3.05. The number of aryl methyl sites for hydroxylation is 3. The molecule has 0 aliphatic rings. The predicted molar refractivity (Wildman–Crippen MR) is 81.5 cm³/mol. The minimum Gasteiger partial charge on any atom is -0.326 e. The number of nitrogens with zero attached hydrogens (tertiary/aromatic N) is 4. The van der Waals surface area contributed by atoms with E-state index in [4.69, 9.17) is 0 Å². The van der Waals surface area contributed by atoms with Gasteiger partial charge in [-0.15, -0.1) is 10.2 Å². The van der Waals surface area contributed by atoms with Gasteiger partial charge in [-0.05, 0) is 25.0 Å². The molecule has 0 atom stereocenters. The summed E-state index contributed by atoms with van der Waals surface area (Å²) < 4.78 is 1.63. The number of nitrogens with one attached hydrogen (secondary N) is 1. The molecule has 0 saturated heterocycles. The zero-order valence-electron chi connectivity index (χ0n) is 11.8. The quantitative estimate of drug-likeness (QED) is 0.803. The van der Waals surface area contributed by atoms with Gasteiger partial charge in [-0.2, -0.15) is 9.61 Å². The number of fused-ring (bicyclic) bond motifs is 1. The third-order valence-corrected chi connectivity index (χ3v) is 4.21. The highest BCUT2D eigenvalue weighted by atomic mass is 32.1. The molecule has 2 aromatic heterocycles. The lowest BCUT2D eigenvalue weighted by atomic mass is 10.1. The van der Waals surface area contributed by atoms with Gasteiger partial charge in [-0.3, -0.25) is 4.79 Å². The molecule has 7 heteroatoms. The second-order valence-corrected chi connectivity index (χ2v) is 5.91. The standard InChI is InChI=1S/C14H15N5OS/c1-9-4-3-5-10(2)13(9)16-11(20)6-7-12-18-19-8-15-17-14(19)21-12/h3-5,8H,6-7H2,1-2H3,(H,16,20). The lowest BCUT2D eigenvalue weighted by Gasteiger charge is -2.10. The van der Waals surface area contributed by atoms with E-state index in [-0.39, 0.29) is 5.91 Å². The molecule has 6 nitrogen and oxygen atoms in total. The fourth-order valence-corrected chi connectivity index (χ4v) is 2.95. The van der Waals surface area contributed by atoms with Gasteiger partial charge in [0, 0.05) is 18.5 Å². The average molecular weight is 301 g/mol. The Hall–Kier alpha value is -2.28. The maximum absolute atomic E-state index is 12.1. The molecule has 1 N–H and O–H groups in total. The highest BCUT2D eigenvalue weighted by molar-refractivity contribution is 7.16. The van der Waals surface area contributed by atoms with Crippen molar-refractivity contribution in [3.8, 4) is 0 Å². The van der Waals surface area contributed by atoms with Crippen molar-refractivity contribution in [2.75, 3.05) is 5.32 Å². The van der Waals surface area contributed by atoms with E-state index >= 15 is 0 Å². The Morgan fingerprint density at radius 3 is 2.81 bits per heavy atom. The first-order valence-corrected chi connectivity index (χ1v) is 7.47. The van der Waals surface area contributed by atoms with Crippen LogP contribution < -0.4 is 5.32 Å². The third kappa shape index (κ3) is 2.92. The lowest BCUT2D eigenvalue weighted by Crippen LogP contribution is -2.14. The molecule has 0 unspecified atom stereocenters. The fourth-order valence-electron chi connectivity index (χ4n) is 2.14. The van der Waals surface area contributed by atoms with Crippen molar-refractivity contribution in [1.82, 2.24) is 19.8 Å².